The lowest BCUT2D eigenvalue weighted by molar-refractivity contribution is -0.124. The van der Waals surface area contributed by atoms with Gasteiger partial charge in [0.2, 0.25) is 5.91 Å². The van der Waals surface area contributed by atoms with E-state index < -0.39 is 6.04 Å². The van der Waals surface area contributed by atoms with E-state index in [-0.39, 0.29) is 11.8 Å². The van der Waals surface area contributed by atoms with Gasteiger partial charge in [-0.1, -0.05) is 17.7 Å². The quantitative estimate of drug-likeness (QED) is 0.806. The van der Waals surface area contributed by atoms with Crippen LogP contribution < -0.4 is 14.4 Å². The van der Waals surface area contributed by atoms with Crippen LogP contribution in [0, 0.1) is 0 Å². The van der Waals surface area contributed by atoms with Crippen molar-refractivity contribution in [2.24, 2.45) is 0 Å². The van der Waals surface area contributed by atoms with Crippen LogP contribution >= 0.6 is 11.6 Å². The molecule has 0 N–H and O–H groups in total. The van der Waals surface area contributed by atoms with Crippen LogP contribution in [0.5, 0.6) is 11.5 Å². The SMILES string of the molecule is COc1ccc(N2CCN(C(=O)c3cccc(Cl)c3)[C@H](C)C2=O)cc1OC. The largest absolute Gasteiger partial charge is 0.493 e. The molecule has 0 aliphatic carbocycles. The van der Waals surface area contributed by atoms with E-state index in [1.54, 1.807) is 73.4 Å². The van der Waals surface area contributed by atoms with Crippen LogP contribution in [-0.2, 0) is 4.79 Å². The molecule has 27 heavy (non-hydrogen) atoms. The zero-order valence-corrected chi connectivity index (χ0v) is 16.2. The minimum atomic E-state index is -0.585. The normalized spacial score (nSPS) is 17.0. The van der Waals surface area contributed by atoms with Gasteiger partial charge in [-0.3, -0.25) is 9.59 Å². The minimum absolute atomic E-state index is 0.149. The second-order valence-corrected chi connectivity index (χ2v) is 6.65. The molecule has 142 valence electrons. The summed E-state index contributed by atoms with van der Waals surface area (Å²) in [6.45, 7) is 2.55. The average Bonchev–Trinajstić information content (AvgIpc) is 2.69. The molecule has 1 saturated heterocycles. The molecule has 1 fully saturated rings. The summed E-state index contributed by atoms with van der Waals surface area (Å²) in [5, 5.41) is 0.490. The smallest absolute Gasteiger partial charge is 0.254 e. The predicted octanol–water partition coefficient (Wildman–Crippen LogP) is 3.23. The van der Waals surface area contributed by atoms with Crippen LogP contribution in [0.2, 0.25) is 5.02 Å². The summed E-state index contributed by atoms with van der Waals surface area (Å²) in [6, 6.07) is 11.5. The Labute approximate surface area is 163 Å². The summed E-state index contributed by atoms with van der Waals surface area (Å²) in [5.41, 5.74) is 1.18. The van der Waals surface area contributed by atoms with Crippen molar-refractivity contribution in [3.63, 3.8) is 0 Å². The summed E-state index contributed by atoms with van der Waals surface area (Å²) in [7, 11) is 3.11. The van der Waals surface area contributed by atoms with Crippen LogP contribution in [0.15, 0.2) is 42.5 Å². The highest BCUT2D eigenvalue weighted by molar-refractivity contribution is 6.31. The molecule has 2 amide bonds. The summed E-state index contributed by atoms with van der Waals surface area (Å²) >= 11 is 5.98. The van der Waals surface area contributed by atoms with Crippen LogP contribution in [0.1, 0.15) is 17.3 Å². The van der Waals surface area contributed by atoms with Gasteiger partial charge in [-0.2, -0.15) is 0 Å². The summed E-state index contributed by atoms with van der Waals surface area (Å²) in [5.74, 6) is 0.790. The van der Waals surface area contributed by atoms with E-state index in [0.29, 0.717) is 40.9 Å². The Hall–Kier alpha value is -2.73. The van der Waals surface area contributed by atoms with E-state index in [2.05, 4.69) is 0 Å². The van der Waals surface area contributed by atoms with E-state index in [1.807, 2.05) is 0 Å². The lowest BCUT2D eigenvalue weighted by Gasteiger charge is -2.39. The molecule has 0 saturated carbocycles. The monoisotopic (exact) mass is 388 g/mol. The molecule has 1 heterocycles. The van der Waals surface area contributed by atoms with Gasteiger partial charge in [0, 0.05) is 35.4 Å². The van der Waals surface area contributed by atoms with Gasteiger partial charge in [-0.15, -0.1) is 0 Å². The van der Waals surface area contributed by atoms with E-state index in [1.165, 1.54) is 0 Å². The fraction of sp³-hybridized carbons (Fsp3) is 0.300. The number of piperazine rings is 1. The molecule has 3 rings (SSSR count). The molecule has 0 aromatic heterocycles. The molecule has 0 bridgehead atoms. The number of hydrogen-bond donors (Lipinski definition) is 0. The number of carbonyl (C=O) groups is 2. The van der Waals surface area contributed by atoms with Gasteiger partial charge in [-0.25, -0.2) is 0 Å². The lowest BCUT2D eigenvalue weighted by atomic mass is 10.1. The van der Waals surface area contributed by atoms with Crippen molar-refractivity contribution >= 4 is 29.1 Å². The first-order valence-electron chi connectivity index (χ1n) is 8.56. The number of benzene rings is 2. The Kier molecular flexibility index (Phi) is 5.56. The number of amides is 2. The van der Waals surface area contributed by atoms with Crippen LogP contribution in [0.3, 0.4) is 0 Å². The third-order valence-electron chi connectivity index (χ3n) is 4.67. The molecule has 2 aromatic carbocycles. The molecule has 1 aliphatic heterocycles. The number of anilines is 1. The zero-order valence-electron chi connectivity index (χ0n) is 15.4. The van der Waals surface area contributed by atoms with Crippen LogP contribution in [0.4, 0.5) is 5.69 Å². The van der Waals surface area contributed by atoms with Crippen molar-refractivity contribution in [1.82, 2.24) is 4.90 Å². The number of ether oxygens (including phenoxy) is 2. The van der Waals surface area contributed by atoms with Crippen LogP contribution in [0.25, 0.3) is 0 Å². The van der Waals surface area contributed by atoms with Crippen molar-refractivity contribution in [2.75, 3.05) is 32.2 Å². The number of carbonyl (C=O) groups excluding carboxylic acids is 2. The molecular formula is C20H21ClN2O4. The fourth-order valence-corrected chi connectivity index (χ4v) is 3.37. The maximum Gasteiger partial charge on any atom is 0.254 e. The van der Waals surface area contributed by atoms with Crippen molar-refractivity contribution in [2.45, 2.75) is 13.0 Å². The topological polar surface area (TPSA) is 59.1 Å². The summed E-state index contributed by atoms with van der Waals surface area (Å²) in [4.78, 5) is 29.0. The Morgan fingerprint density at radius 3 is 2.48 bits per heavy atom. The molecule has 0 spiro atoms. The molecule has 7 heteroatoms. The first kappa shape index (κ1) is 19.0. The molecule has 1 atom stereocenters. The Balaban J connectivity index is 1.81. The van der Waals surface area contributed by atoms with Crippen molar-refractivity contribution < 1.29 is 19.1 Å². The van der Waals surface area contributed by atoms with Crippen molar-refractivity contribution in [3.05, 3.63) is 53.1 Å². The lowest BCUT2D eigenvalue weighted by Crippen LogP contribution is -2.57. The molecule has 1 aliphatic rings. The minimum Gasteiger partial charge on any atom is -0.493 e. The first-order chi connectivity index (χ1) is 13.0. The Bertz CT molecular complexity index is 871. The summed E-state index contributed by atoms with van der Waals surface area (Å²) < 4.78 is 10.6. The molecule has 0 unspecified atom stereocenters. The number of halogens is 1. The van der Waals surface area contributed by atoms with Crippen LogP contribution in [-0.4, -0.2) is 50.1 Å². The molecule has 0 radical (unpaired) electrons. The zero-order chi connectivity index (χ0) is 19.6. The van der Waals surface area contributed by atoms with Gasteiger partial charge in [0.1, 0.15) is 6.04 Å². The van der Waals surface area contributed by atoms with Crippen molar-refractivity contribution in [3.8, 4) is 11.5 Å². The maximum absolute atomic E-state index is 12.9. The maximum atomic E-state index is 12.9. The van der Waals surface area contributed by atoms with Gasteiger partial charge in [-0.05, 0) is 37.3 Å². The van der Waals surface area contributed by atoms with Gasteiger partial charge in [0.05, 0.1) is 14.2 Å². The number of hydrogen-bond acceptors (Lipinski definition) is 4. The second-order valence-electron chi connectivity index (χ2n) is 6.21. The van der Waals surface area contributed by atoms with E-state index >= 15 is 0 Å². The highest BCUT2D eigenvalue weighted by atomic mass is 35.5. The fourth-order valence-electron chi connectivity index (χ4n) is 3.18. The van der Waals surface area contributed by atoms with Gasteiger partial charge in [0.25, 0.3) is 5.91 Å². The Morgan fingerprint density at radius 2 is 1.81 bits per heavy atom. The first-order valence-corrected chi connectivity index (χ1v) is 8.94. The third-order valence-corrected chi connectivity index (χ3v) is 4.90. The Morgan fingerprint density at radius 1 is 1.07 bits per heavy atom. The van der Waals surface area contributed by atoms with E-state index in [0.717, 1.165) is 0 Å². The van der Waals surface area contributed by atoms with Gasteiger partial charge in [0.15, 0.2) is 11.5 Å². The number of rotatable bonds is 4. The van der Waals surface area contributed by atoms with Gasteiger partial charge >= 0.3 is 0 Å². The van der Waals surface area contributed by atoms with Crippen molar-refractivity contribution in [1.29, 1.82) is 0 Å². The molecule has 6 nitrogen and oxygen atoms in total. The number of methoxy groups -OCH3 is 2. The molecular weight excluding hydrogens is 368 g/mol. The second kappa shape index (κ2) is 7.88. The van der Waals surface area contributed by atoms with E-state index in [9.17, 15) is 9.59 Å². The third kappa shape index (κ3) is 3.71. The summed E-state index contributed by atoms with van der Waals surface area (Å²) in [6.07, 6.45) is 0. The predicted molar refractivity (Wildman–Crippen MR) is 104 cm³/mol. The number of nitrogens with zero attached hydrogens (tertiary/aromatic N) is 2. The highest BCUT2D eigenvalue weighted by Crippen LogP contribution is 2.32. The average molecular weight is 389 g/mol. The molecule has 2 aromatic rings. The highest BCUT2D eigenvalue weighted by Gasteiger charge is 2.35. The van der Waals surface area contributed by atoms with Gasteiger partial charge < -0.3 is 19.3 Å². The standard InChI is InChI=1S/C20H21ClN2O4/c1-13-19(24)23(16-7-8-17(26-2)18(12-16)27-3)10-9-22(13)20(25)14-5-4-6-15(21)11-14/h4-8,11-13H,9-10H2,1-3H3/t13-/m1/s1. The van der Waals surface area contributed by atoms with E-state index in [4.69, 9.17) is 21.1 Å².